The standard InChI is InChI=1S/C12H15NO2/c1-3-5-12(13-4-2)9-6-10(14)8-11(15)7-9/h3-5,9,13H,1-2,6-8H2/b12-5-. The lowest BCUT2D eigenvalue weighted by atomic mass is 9.85. The molecule has 0 aromatic rings. The molecule has 1 aliphatic carbocycles. The molecule has 0 atom stereocenters. The number of allylic oxidation sites excluding steroid dienone is 3. The number of rotatable bonds is 4. The third-order valence-corrected chi connectivity index (χ3v) is 2.35. The minimum atomic E-state index is -0.0465. The van der Waals surface area contributed by atoms with Gasteiger partial charge < -0.3 is 5.32 Å². The number of nitrogens with one attached hydrogen (secondary N) is 1. The summed E-state index contributed by atoms with van der Waals surface area (Å²) in [6.07, 6.45) is 5.89. The van der Waals surface area contributed by atoms with Gasteiger partial charge in [0.1, 0.15) is 11.6 Å². The average Bonchev–Trinajstić information content (AvgIpc) is 2.16. The molecule has 0 unspecified atom stereocenters. The molecule has 0 spiro atoms. The van der Waals surface area contributed by atoms with E-state index in [0.717, 1.165) is 5.70 Å². The molecule has 1 N–H and O–H groups in total. The number of hydrogen-bond donors (Lipinski definition) is 1. The molecular weight excluding hydrogens is 190 g/mol. The highest BCUT2D eigenvalue weighted by Gasteiger charge is 2.27. The Kier molecular flexibility index (Phi) is 4.03. The fourth-order valence-corrected chi connectivity index (χ4v) is 1.75. The molecule has 0 amide bonds. The second-order valence-corrected chi connectivity index (χ2v) is 3.57. The van der Waals surface area contributed by atoms with E-state index in [4.69, 9.17) is 0 Å². The van der Waals surface area contributed by atoms with Gasteiger partial charge in [-0.3, -0.25) is 9.59 Å². The van der Waals surface area contributed by atoms with E-state index in [1.165, 1.54) is 0 Å². The molecule has 3 heteroatoms. The minimum absolute atomic E-state index is 0.0112. The van der Waals surface area contributed by atoms with Gasteiger partial charge in [0.25, 0.3) is 0 Å². The maximum atomic E-state index is 11.3. The van der Waals surface area contributed by atoms with Crippen LogP contribution in [0.4, 0.5) is 0 Å². The predicted octanol–water partition coefficient (Wildman–Crippen LogP) is 1.73. The highest BCUT2D eigenvalue weighted by molar-refractivity contribution is 6.01. The lowest BCUT2D eigenvalue weighted by Crippen LogP contribution is -2.27. The lowest BCUT2D eigenvalue weighted by molar-refractivity contribution is -0.130. The number of hydrogen-bond acceptors (Lipinski definition) is 3. The van der Waals surface area contributed by atoms with E-state index in [9.17, 15) is 9.59 Å². The molecule has 0 heterocycles. The van der Waals surface area contributed by atoms with Crippen LogP contribution in [0, 0.1) is 5.92 Å². The van der Waals surface area contributed by atoms with Crippen molar-refractivity contribution in [2.24, 2.45) is 5.92 Å². The van der Waals surface area contributed by atoms with Gasteiger partial charge in [0, 0.05) is 24.5 Å². The Bertz CT molecular complexity index is 313. The Hall–Kier alpha value is -1.64. The summed E-state index contributed by atoms with van der Waals surface area (Å²) in [7, 11) is 0. The van der Waals surface area contributed by atoms with Crippen molar-refractivity contribution < 1.29 is 9.59 Å². The van der Waals surface area contributed by atoms with Crippen LogP contribution in [0.5, 0.6) is 0 Å². The van der Waals surface area contributed by atoms with Gasteiger partial charge in [0.2, 0.25) is 0 Å². The average molecular weight is 205 g/mol. The van der Waals surface area contributed by atoms with Crippen LogP contribution in [-0.2, 0) is 9.59 Å². The van der Waals surface area contributed by atoms with Crippen molar-refractivity contribution in [3.05, 3.63) is 37.2 Å². The normalized spacial score (nSPS) is 18.8. The van der Waals surface area contributed by atoms with E-state index >= 15 is 0 Å². The largest absolute Gasteiger partial charge is 0.365 e. The molecule has 0 bridgehead atoms. The summed E-state index contributed by atoms with van der Waals surface area (Å²) >= 11 is 0. The van der Waals surface area contributed by atoms with Crippen LogP contribution in [0.1, 0.15) is 19.3 Å². The topological polar surface area (TPSA) is 46.2 Å². The van der Waals surface area contributed by atoms with E-state index in [0.29, 0.717) is 12.8 Å². The molecular formula is C12H15NO2. The number of carbonyl (C=O) groups excluding carboxylic acids is 2. The summed E-state index contributed by atoms with van der Waals surface area (Å²) in [5, 5.41) is 2.94. The summed E-state index contributed by atoms with van der Waals surface area (Å²) in [6.45, 7) is 7.15. The summed E-state index contributed by atoms with van der Waals surface area (Å²) in [4.78, 5) is 22.5. The minimum Gasteiger partial charge on any atom is -0.365 e. The van der Waals surface area contributed by atoms with Crippen LogP contribution in [0.3, 0.4) is 0 Å². The SMILES string of the molecule is C=C/C=C(\NC=C)C1CC(=O)CC(=O)C1. The fourth-order valence-electron chi connectivity index (χ4n) is 1.75. The Morgan fingerprint density at radius 3 is 2.33 bits per heavy atom. The van der Waals surface area contributed by atoms with Crippen molar-refractivity contribution in [1.82, 2.24) is 5.32 Å². The fraction of sp³-hybridized carbons (Fsp3) is 0.333. The van der Waals surface area contributed by atoms with Crippen molar-refractivity contribution in [1.29, 1.82) is 0 Å². The highest BCUT2D eigenvalue weighted by atomic mass is 16.1. The van der Waals surface area contributed by atoms with Crippen LogP contribution in [0.25, 0.3) is 0 Å². The van der Waals surface area contributed by atoms with Crippen LogP contribution in [-0.4, -0.2) is 11.6 Å². The first kappa shape index (κ1) is 11.4. The number of ketones is 2. The van der Waals surface area contributed by atoms with Crippen LogP contribution in [0.2, 0.25) is 0 Å². The van der Waals surface area contributed by atoms with Gasteiger partial charge in [0.15, 0.2) is 0 Å². The van der Waals surface area contributed by atoms with E-state index in [1.807, 2.05) is 0 Å². The molecule has 15 heavy (non-hydrogen) atoms. The first-order valence-corrected chi connectivity index (χ1v) is 4.90. The van der Waals surface area contributed by atoms with E-state index < -0.39 is 0 Å². The molecule has 1 saturated carbocycles. The Morgan fingerprint density at radius 1 is 1.27 bits per heavy atom. The van der Waals surface area contributed by atoms with Crippen molar-refractivity contribution >= 4 is 11.6 Å². The predicted molar refractivity (Wildman–Crippen MR) is 59.0 cm³/mol. The van der Waals surface area contributed by atoms with Crippen LogP contribution in [0.15, 0.2) is 37.2 Å². The maximum Gasteiger partial charge on any atom is 0.140 e. The van der Waals surface area contributed by atoms with E-state index in [-0.39, 0.29) is 23.9 Å². The van der Waals surface area contributed by atoms with E-state index in [2.05, 4.69) is 18.5 Å². The second-order valence-electron chi connectivity index (χ2n) is 3.57. The summed E-state index contributed by atoms with van der Waals surface area (Å²) < 4.78 is 0. The third kappa shape index (κ3) is 3.20. The second kappa shape index (κ2) is 5.29. The molecule has 0 aromatic heterocycles. The molecule has 0 radical (unpaired) electrons. The van der Waals surface area contributed by atoms with Crippen LogP contribution >= 0.6 is 0 Å². The summed E-state index contributed by atoms with van der Waals surface area (Å²) in [6, 6.07) is 0. The molecule has 0 aromatic carbocycles. The van der Waals surface area contributed by atoms with Gasteiger partial charge in [-0.1, -0.05) is 19.2 Å². The van der Waals surface area contributed by atoms with Gasteiger partial charge in [-0.05, 0) is 12.3 Å². The summed E-state index contributed by atoms with van der Waals surface area (Å²) in [5.41, 5.74) is 0.835. The number of carbonyl (C=O) groups is 2. The molecule has 1 fully saturated rings. The van der Waals surface area contributed by atoms with Crippen molar-refractivity contribution in [2.45, 2.75) is 19.3 Å². The molecule has 3 nitrogen and oxygen atoms in total. The van der Waals surface area contributed by atoms with Crippen LogP contribution < -0.4 is 5.32 Å². The van der Waals surface area contributed by atoms with Gasteiger partial charge in [-0.15, -0.1) is 0 Å². The zero-order valence-corrected chi connectivity index (χ0v) is 8.66. The Morgan fingerprint density at radius 2 is 1.87 bits per heavy atom. The van der Waals surface area contributed by atoms with Gasteiger partial charge >= 0.3 is 0 Å². The maximum absolute atomic E-state index is 11.3. The van der Waals surface area contributed by atoms with Gasteiger partial charge in [0.05, 0.1) is 6.42 Å². The van der Waals surface area contributed by atoms with Gasteiger partial charge in [-0.2, -0.15) is 0 Å². The lowest BCUT2D eigenvalue weighted by Gasteiger charge is -2.22. The quantitative estimate of drug-likeness (QED) is 0.561. The Labute approximate surface area is 89.6 Å². The zero-order valence-electron chi connectivity index (χ0n) is 8.66. The smallest absolute Gasteiger partial charge is 0.140 e. The zero-order chi connectivity index (χ0) is 11.3. The van der Waals surface area contributed by atoms with Crippen molar-refractivity contribution in [3.63, 3.8) is 0 Å². The first-order valence-electron chi connectivity index (χ1n) is 4.90. The van der Waals surface area contributed by atoms with E-state index in [1.54, 1.807) is 18.4 Å². The summed E-state index contributed by atoms with van der Waals surface area (Å²) in [5.74, 6) is -0.0242. The van der Waals surface area contributed by atoms with Crippen molar-refractivity contribution in [3.8, 4) is 0 Å². The first-order chi connectivity index (χ1) is 7.17. The monoisotopic (exact) mass is 205 g/mol. The molecule has 80 valence electrons. The van der Waals surface area contributed by atoms with Gasteiger partial charge in [-0.25, -0.2) is 0 Å². The molecule has 0 saturated heterocycles. The van der Waals surface area contributed by atoms with Crippen molar-refractivity contribution in [2.75, 3.05) is 0 Å². The Balaban J connectivity index is 2.78. The molecule has 1 rings (SSSR count). The third-order valence-electron chi connectivity index (χ3n) is 2.35. The number of Topliss-reactive ketones (excluding diaryl/α,β-unsaturated/α-hetero) is 2. The highest BCUT2D eigenvalue weighted by Crippen LogP contribution is 2.24. The molecule has 1 aliphatic rings. The molecule has 0 aliphatic heterocycles.